The van der Waals surface area contributed by atoms with Crippen molar-refractivity contribution in [2.75, 3.05) is 13.2 Å². The number of hydrogen-bond donors (Lipinski definition) is 0. The molecule has 0 saturated carbocycles. The summed E-state index contributed by atoms with van der Waals surface area (Å²) in [5, 5.41) is 2.16. The van der Waals surface area contributed by atoms with Gasteiger partial charge in [0.1, 0.15) is 13.2 Å². The smallest absolute Gasteiger partial charge is 0.163 e. The van der Waals surface area contributed by atoms with Gasteiger partial charge in [-0.2, -0.15) is 0 Å². The second kappa shape index (κ2) is 6.39. The van der Waals surface area contributed by atoms with Gasteiger partial charge in [0.15, 0.2) is 11.5 Å². The predicted molar refractivity (Wildman–Crippen MR) is 99.1 cm³/mol. The van der Waals surface area contributed by atoms with Gasteiger partial charge in [-0.15, -0.1) is 0 Å². The van der Waals surface area contributed by atoms with E-state index < -0.39 is 0 Å². The van der Waals surface area contributed by atoms with Crippen molar-refractivity contribution in [2.45, 2.75) is 26.7 Å². The van der Waals surface area contributed by atoms with Gasteiger partial charge in [0.2, 0.25) is 0 Å². The second-order valence-electron chi connectivity index (χ2n) is 6.63. The zero-order chi connectivity index (χ0) is 17.4. The number of hydrogen-bond acceptors (Lipinski definition) is 4. The van der Waals surface area contributed by atoms with Gasteiger partial charge in [-0.3, -0.25) is 4.99 Å². The fourth-order valence-corrected chi connectivity index (χ4v) is 3.36. The molecule has 0 spiro atoms. The Morgan fingerprint density at radius 2 is 2.00 bits per heavy atom. The van der Waals surface area contributed by atoms with E-state index in [4.69, 9.17) is 14.5 Å². The van der Waals surface area contributed by atoms with Crippen LogP contribution in [0.5, 0.6) is 11.5 Å². The SMILES string of the molecule is CCC1CC=c2ncn(C)c2=CC1=Nc1cc2c(cc1C)OCCO2. The van der Waals surface area contributed by atoms with Crippen molar-refractivity contribution in [3.63, 3.8) is 0 Å². The quantitative estimate of drug-likeness (QED) is 0.845. The van der Waals surface area contributed by atoms with Crippen molar-refractivity contribution in [3.8, 4) is 11.5 Å². The summed E-state index contributed by atoms with van der Waals surface area (Å²) in [6, 6.07) is 4.02. The lowest BCUT2D eigenvalue weighted by molar-refractivity contribution is 0.171. The molecule has 5 heteroatoms. The lowest BCUT2D eigenvalue weighted by atomic mass is 9.96. The van der Waals surface area contributed by atoms with E-state index in [1.165, 1.54) is 0 Å². The molecule has 130 valence electrons. The summed E-state index contributed by atoms with van der Waals surface area (Å²) < 4.78 is 13.4. The molecule has 0 radical (unpaired) electrons. The van der Waals surface area contributed by atoms with Crippen LogP contribution < -0.4 is 20.2 Å². The van der Waals surface area contributed by atoms with Crippen LogP contribution in [0.25, 0.3) is 12.2 Å². The average Bonchev–Trinajstić information content (AvgIpc) is 2.86. The van der Waals surface area contributed by atoms with Crippen LogP contribution in [0.1, 0.15) is 25.3 Å². The third-order valence-corrected chi connectivity index (χ3v) is 4.91. The van der Waals surface area contributed by atoms with Gasteiger partial charge in [0, 0.05) is 24.7 Å². The van der Waals surface area contributed by atoms with Crippen molar-refractivity contribution in [1.29, 1.82) is 0 Å². The molecule has 2 aromatic rings. The average molecular weight is 337 g/mol. The molecule has 4 rings (SSSR count). The Bertz CT molecular complexity index is 956. The van der Waals surface area contributed by atoms with E-state index in [1.807, 2.05) is 25.5 Å². The molecule has 0 saturated heterocycles. The number of aryl methyl sites for hydroxylation is 2. The van der Waals surface area contributed by atoms with Crippen molar-refractivity contribution in [2.24, 2.45) is 18.0 Å². The van der Waals surface area contributed by atoms with E-state index in [0.29, 0.717) is 19.1 Å². The number of fused-ring (bicyclic) bond motifs is 2. The number of aromatic nitrogens is 2. The first kappa shape index (κ1) is 15.9. The molecule has 2 aliphatic rings. The number of rotatable bonds is 2. The molecule has 0 N–H and O–H groups in total. The van der Waals surface area contributed by atoms with Crippen molar-refractivity contribution < 1.29 is 9.47 Å². The zero-order valence-electron chi connectivity index (χ0n) is 15.0. The minimum atomic E-state index is 0.391. The molecular formula is C20H23N3O2. The first-order valence-electron chi connectivity index (χ1n) is 8.83. The van der Waals surface area contributed by atoms with Crippen LogP contribution in [0.15, 0.2) is 23.5 Å². The van der Waals surface area contributed by atoms with Gasteiger partial charge >= 0.3 is 0 Å². The van der Waals surface area contributed by atoms with Crippen LogP contribution >= 0.6 is 0 Å². The summed E-state index contributed by atoms with van der Waals surface area (Å²) in [5.41, 5.74) is 3.14. The Kier molecular flexibility index (Phi) is 4.07. The van der Waals surface area contributed by atoms with Gasteiger partial charge in [-0.05, 0) is 37.5 Å². The van der Waals surface area contributed by atoms with Gasteiger partial charge in [0.25, 0.3) is 0 Å². The molecule has 1 unspecified atom stereocenters. The van der Waals surface area contributed by atoms with Crippen LogP contribution in [0.4, 0.5) is 5.69 Å². The standard InChI is InChI=1S/C20H23N3O2/c1-4-14-5-6-15-18(23(3)12-21-15)10-17(14)22-16-11-20-19(9-13(16)2)24-7-8-25-20/h6,9-12,14H,4-5,7-8H2,1-3H3. The highest BCUT2D eigenvalue weighted by molar-refractivity contribution is 6.13. The van der Waals surface area contributed by atoms with Crippen molar-refractivity contribution >= 4 is 23.6 Å². The third kappa shape index (κ3) is 2.95. The minimum absolute atomic E-state index is 0.391. The maximum absolute atomic E-state index is 5.72. The molecule has 1 aromatic carbocycles. The summed E-state index contributed by atoms with van der Waals surface area (Å²) in [5.74, 6) is 1.99. The number of aliphatic imine (C=N–C) groups is 1. The van der Waals surface area contributed by atoms with Crippen LogP contribution in [-0.2, 0) is 7.05 Å². The lowest BCUT2D eigenvalue weighted by Gasteiger charge is -2.20. The number of nitrogens with zero attached hydrogens (tertiary/aromatic N) is 3. The predicted octanol–water partition coefficient (Wildman–Crippen LogP) is 2.26. The fourth-order valence-electron chi connectivity index (χ4n) is 3.36. The molecule has 0 fully saturated rings. The lowest BCUT2D eigenvalue weighted by Crippen LogP contribution is -2.29. The van der Waals surface area contributed by atoms with E-state index in [1.54, 1.807) is 0 Å². The summed E-state index contributed by atoms with van der Waals surface area (Å²) in [6.45, 7) is 5.47. The summed E-state index contributed by atoms with van der Waals surface area (Å²) in [6.07, 6.45) is 8.26. The molecule has 1 aliphatic carbocycles. The van der Waals surface area contributed by atoms with Gasteiger partial charge in [-0.1, -0.05) is 13.0 Å². The van der Waals surface area contributed by atoms with Gasteiger partial charge < -0.3 is 14.0 Å². The van der Waals surface area contributed by atoms with Gasteiger partial charge in [0.05, 0.1) is 22.7 Å². The third-order valence-electron chi connectivity index (χ3n) is 4.91. The number of benzene rings is 1. The maximum Gasteiger partial charge on any atom is 0.163 e. The highest BCUT2D eigenvalue weighted by Crippen LogP contribution is 2.37. The van der Waals surface area contributed by atoms with Crippen molar-refractivity contribution in [1.82, 2.24) is 9.55 Å². The highest BCUT2D eigenvalue weighted by Gasteiger charge is 2.18. The van der Waals surface area contributed by atoms with E-state index in [2.05, 4.69) is 35.6 Å². The summed E-state index contributed by atoms with van der Waals surface area (Å²) >= 11 is 0. The molecule has 1 aromatic heterocycles. The summed E-state index contributed by atoms with van der Waals surface area (Å²) in [4.78, 5) is 9.51. The van der Waals surface area contributed by atoms with Crippen molar-refractivity contribution in [3.05, 3.63) is 34.7 Å². The Morgan fingerprint density at radius 1 is 1.24 bits per heavy atom. The summed E-state index contributed by atoms with van der Waals surface area (Å²) in [7, 11) is 2.02. The topological polar surface area (TPSA) is 48.6 Å². The molecule has 0 bridgehead atoms. The molecule has 1 aliphatic heterocycles. The van der Waals surface area contributed by atoms with E-state index >= 15 is 0 Å². The van der Waals surface area contributed by atoms with E-state index in [-0.39, 0.29) is 0 Å². The highest BCUT2D eigenvalue weighted by atomic mass is 16.6. The monoisotopic (exact) mass is 337 g/mol. The molecule has 5 nitrogen and oxygen atoms in total. The van der Waals surface area contributed by atoms with Crippen LogP contribution in [0.3, 0.4) is 0 Å². The Labute approximate surface area is 147 Å². The fraction of sp³-hybridized carbons (Fsp3) is 0.400. The first-order valence-corrected chi connectivity index (χ1v) is 8.83. The molecule has 1 atom stereocenters. The van der Waals surface area contributed by atoms with E-state index in [0.717, 1.165) is 52.0 Å². The van der Waals surface area contributed by atoms with Crippen LogP contribution in [0.2, 0.25) is 0 Å². The minimum Gasteiger partial charge on any atom is -0.486 e. The van der Waals surface area contributed by atoms with Crippen LogP contribution in [0, 0.1) is 12.8 Å². The zero-order valence-corrected chi connectivity index (χ0v) is 15.0. The second-order valence-corrected chi connectivity index (χ2v) is 6.63. The molecular weight excluding hydrogens is 314 g/mol. The Balaban J connectivity index is 1.84. The van der Waals surface area contributed by atoms with Crippen LogP contribution in [-0.4, -0.2) is 28.5 Å². The number of ether oxygens (including phenoxy) is 2. The Morgan fingerprint density at radius 3 is 2.76 bits per heavy atom. The Hall–Kier alpha value is -2.56. The molecule has 2 heterocycles. The maximum atomic E-state index is 5.72. The normalized spacial score (nSPS) is 20.4. The largest absolute Gasteiger partial charge is 0.486 e. The number of imidazole rings is 1. The molecule has 25 heavy (non-hydrogen) atoms. The van der Waals surface area contributed by atoms with E-state index in [9.17, 15) is 0 Å². The first-order chi connectivity index (χ1) is 12.2. The van der Waals surface area contributed by atoms with Gasteiger partial charge in [-0.25, -0.2) is 4.98 Å². The molecule has 0 amide bonds.